The van der Waals surface area contributed by atoms with E-state index in [0.717, 1.165) is 6.07 Å². The molecule has 1 saturated heterocycles. The van der Waals surface area contributed by atoms with Crippen LogP contribution in [0.1, 0.15) is 60.4 Å². The topological polar surface area (TPSA) is 97.3 Å². The van der Waals surface area contributed by atoms with E-state index >= 15 is 8.78 Å². The number of hydrogen-bond donors (Lipinski definition) is 0. The zero-order valence-electron chi connectivity index (χ0n) is 25.3. The molecule has 0 bridgehead atoms. The van der Waals surface area contributed by atoms with Crippen molar-refractivity contribution in [2.45, 2.75) is 63.0 Å². The lowest BCUT2D eigenvalue weighted by Crippen LogP contribution is -2.47. The summed E-state index contributed by atoms with van der Waals surface area (Å²) < 4.78 is 102. The van der Waals surface area contributed by atoms with Crippen LogP contribution in [0.3, 0.4) is 0 Å². The number of halogens is 7. The minimum atomic E-state index is -4.83. The SMILES string of the molecule is C[C@]1(c2ccc(Cl)cc2F)Oc2cccc(C3CCN(Cc4ncc(-c5noc(C(F)(F)F)n5)cc4CC4(C#N)CC4)CC3(F)F)c2O1. The second-order valence-electron chi connectivity index (χ2n) is 12.6. The van der Waals surface area contributed by atoms with E-state index < -0.39 is 47.5 Å². The number of pyridine rings is 1. The van der Waals surface area contributed by atoms with Crippen LogP contribution < -0.4 is 9.47 Å². The van der Waals surface area contributed by atoms with Crippen molar-refractivity contribution in [3.8, 4) is 29.0 Å². The van der Waals surface area contributed by atoms with Crippen LogP contribution in [0.5, 0.6) is 11.5 Å². The first kappa shape index (κ1) is 32.2. The van der Waals surface area contributed by atoms with E-state index in [-0.39, 0.29) is 65.0 Å². The molecular weight excluding hydrogens is 664 g/mol. The Morgan fingerprint density at radius 1 is 1.12 bits per heavy atom. The molecule has 250 valence electrons. The fraction of sp³-hybridized carbons (Fsp3) is 0.394. The molecule has 2 fully saturated rings. The van der Waals surface area contributed by atoms with Gasteiger partial charge < -0.3 is 14.0 Å². The number of likely N-dealkylation sites (tertiary alicyclic amines) is 1. The smallest absolute Gasteiger partial charge is 0.444 e. The van der Waals surface area contributed by atoms with Gasteiger partial charge in [-0.15, -0.1) is 0 Å². The van der Waals surface area contributed by atoms with E-state index in [9.17, 15) is 22.8 Å². The molecule has 2 aromatic carbocycles. The maximum atomic E-state index is 16.0. The Labute approximate surface area is 275 Å². The van der Waals surface area contributed by atoms with Crippen LogP contribution >= 0.6 is 11.6 Å². The van der Waals surface area contributed by atoms with Crippen LogP contribution in [-0.4, -0.2) is 39.0 Å². The molecule has 7 rings (SSSR count). The number of nitriles is 1. The Morgan fingerprint density at radius 2 is 1.92 bits per heavy atom. The van der Waals surface area contributed by atoms with Gasteiger partial charge in [0.15, 0.2) is 11.5 Å². The predicted molar refractivity (Wildman–Crippen MR) is 158 cm³/mol. The first-order valence-corrected chi connectivity index (χ1v) is 15.4. The van der Waals surface area contributed by atoms with Gasteiger partial charge >= 0.3 is 12.1 Å². The Hall–Kier alpha value is -4.35. The molecule has 8 nitrogen and oxygen atoms in total. The number of ether oxygens (including phenoxy) is 2. The van der Waals surface area contributed by atoms with Crippen LogP contribution in [0.15, 0.2) is 53.2 Å². The first-order chi connectivity index (χ1) is 22.7. The molecule has 3 aliphatic rings. The third kappa shape index (κ3) is 5.94. The minimum absolute atomic E-state index is 0.0138. The number of hydrogen-bond acceptors (Lipinski definition) is 8. The standard InChI is InChI=1S/C33H26ClF6N5O3/c1-30(23-6-5-20(34)12-24(23)35)46-26-4-2-3-21(27(26)47-30)22-7-10-45(17-32(22,36)37)15-25-18(13-31(16-41)8-9-31)11-19(14-42-25)28-43-29(48-44-28)33(38,39)40/h2-6,11-12,14,22H,7-10,13,15,17H2,1H3/t22?,30-/m0/s1. The van der Waals surface area contributed by atoms with Crippen LogP contribution in [0.4, 0.5) is 26.3 Å². The highest BCUT2D eigenvalue weighted by molar-refractivity contribution is 6.30. The molecule has 0 amide bonds. The Morgan fingerprint density at radius 3 is 2.58 bits per heavy atom. The normalized spacial score (nSPS) is 22.8. The fourth-order valence-electron chi connectivity index (χ4n) is 6.39. The molecule has 1 aliphatic carbocycles. The number of piperidine rings is 1. The lowest BCUT2D eigenvalue weighted by Gasteiger charge is -2.39. The van der Waals surface area contributed by atoms with Gasteiger partial charge in [-0.2, -0.15) is 23.4 Å². The summed E-state index contributed by atoms with van der Waals surface area (Å²) >= 11 is 5.90. The summed E-state index contributed by atoms with van der Waals surface area (Å²) in [5.41, 5.74) is 0.759. The number of benzene rings is 2. The summed E-state index contributed by atoms with van der Waals surface area (Å²) in [7, 11) is 0. The molecule has 2 atom stereocenters. The van der Waals surface area contributed by atoms with Crippen molar-refractivity contribution in [3.63, 3.8) is 0 Å². The summed E-state index contributed by atoms with van der Waals surface area (Å²) in [4.78, 5) is 9.40. The van der Waals surface area contributed by atoms with Crippen molar-refractivity contribution in [1.82, 2.24) is 20.0 Å². The number of fused-ring (bicyclic) bond motifs is 1. The lowest BCUT2D eigenvalue weighted by atomic mass is 9.85. The quantitative estimate of drug-likeness (QED) is 0.180. The lowest BCUT2D eigenvalue weighted by molar-refractivity contribution is -0.159. The van der Waals surface area contributed by atoms with Crippen molar-refractivity contribution in [2.75, 3.05) is 13.1 Å². The maximum Gasteiger partial charge on any atom is 0.471 e. The molecule has 1 saturated carbocycles. The van der Waals surface area contributed by atoms with Gasteiger partial charge in [-0.25, -0.2) is 13.2 Å². The van der Waals surface area contributed by atoms with Crippen LogP contribution in [0, 0.1) is 22.6 Å². The van der Waals surface area contributed by atoms with E-state index in [0.29, 0.717) is 24.1 Å². The predicted octanol–water partition coefficient (Wildman–Crippen LogP) is 8.06. The number of aromatic nitrogens is 3. The highest BCUT2D eigenvalue weighted by Crippen LogP contribution is 2.53. The van der Waals surface area contributed by atoms with Crippen molar-refractivity contribution >= 4 is 11.6 Å². The van der Waals surface area contributed by atoms with E-state index in [1.807, 2.05) is 0 Å². The maximum absolute atomic E-state index is 16.0. The van der Waals surface area contributed by atoms with Crippen molar-refractivity contribution in [2.24, 2.45) is 5.41 Å². The van der Waals surface area contributed by atoms with Gasteiger partial charge in [0.25, 0.3) is 11.7 Å². The summed E-state index contributed by atoms with van der Waals surface area (Å²) in [6, 6.07) is 12.6. The molecule has 4 aromatic rings. The highest BCUT2D eigenvalue weighted by atomic mass is 35.5. The number of para-hydroxylation sites is 1. The minimum Gasteiger partial charge on any atom is -0.444 e. The molecule has 48 heavy (non-hydrogen) atoms. The molecular formula is C33H26ClF6N5O3. The summed E-state index contributed by atoms with van der Waals surface area (Å²) in [5, 5.41) is 13.3. The summed E-state index contributed by atoms with van der Waals surface area (Å²) in [6.07, 6.45) is -2.01. The van der Waals surface area contributed by atoms with E-state index in [1.165, 1.54) is 25.3 Å². The van der Waals surface area contributed by atoms with Crippen molar-refractivity contribution < 1.29 is 40.3 Å². The van der Waals surface area contributed by atoms with Gasteiger partial charge in [0.1, 0.15) is 5.82 Å². The fourth-order valence-corrected chi connectivity index (χ4v) is 6.54. The van der Waals surface area contributed by atoms with Crippen LogP contribution in [0.25, 0.3) is 11.4 Å². The number of rotatable bonds is 7. The largest absolute Gasteiger partial charge is 0.471 e. The first-order valence-electron chi connectivity index (χ1n) is 15.1. The highest BCUT2D eigenvalue weighted by Gasteiger charge is 2.50. The van der Waals surface area contributed by atoms with E-state index in [1.54, 1.807) is 29.2 Å². The van der Waals surface area contributed by atoms with Gasteiger partial charge in [-0.3, -0.25) is 9.88 Å². The molecule has 4 heterocycles. The van der Waals surface area contributed by atoms with Crippen LogP contribution in [-0.2, 0) is 24.9 Å². The average Bonchev–Trinajstić information content (AvgIpc) is 3.42. The average molecular weight is 690 g/mol. The van der Waals surface area contributed by atoms with E-state index in [4.69, 9.17) is 21.1 Å². The molecule has 15 heteroatoms. The molecule has 0 spiro atoms. The van der Waals surface area contributed by atoms with Gasteiger partial charge in [0.05, 0.1) is 35.2 Å². The summed E-state index contributed by atoms with van der Waals surface area (Å²) in [6.45, 7) is 1.14. The molecule has 1 unspecified atom stereocenters. The van der Waals surface area contributed by atoms with Crippen molar-refractivity contribution in [1.29, 1.82) is 5.26 Å². The Bertz CT molecular complexity index is 1940. The molecule has 0 N–H and O–H groups in total. The van der Waals surface area contributed by atoms with Gasteiger partial charge in [0, 0.05) is 35.8 Å². The third-order valence-corrected chi connectivity index (χ3v) is 9.30. The zero-order valence-corrected chi connectivity index (χ0v) is 26.0. The molecule has 2 aliphatic heterocycles. The summed E-state index contributed by atoms with van der Waals surface area (Å²) in [5.74, 6) is -8.24. The second-order valence-corrected chi connectivity index (χ2v) is 13.0. The Kier molecular flexibility index (Phi) is 7.63. The number of alkyl halides is 5. The van der Waals surface area contributed by atoms with E-state index in [2.05, 4.69) is 25.7 Å². The van der Waals surface area contributed by atoms with Crippen LogP contribution in [0.2, 0.25) is 5.02 Å². The molecule has 2 aromatic heterocycles. The van der Waals surface area contributed by atoms with Gasteiger partial charge in [-0.05, 0) is 68.1 Å². The zero-order chi connectivity index (χ0) is 34.1. The Balaban J connectivity index is 1.12. The monoisotopic (exact) mass is 689 g/mol. The van der Waals surface area contributed by atoms with Gasteiger partial charge in [-0.1, -0.05) is 28.9 Å². The van der Waals surface area contributed by atoms with Crippen molar-refractivity contribution in [3.05, 3.63) is 87.8 Å². The third-order valence-electron chi connectivity index (χ3n) is 9.06. The number of nitrogens with zero attached hydrogens (tertiary/aromatic N) is 5. The second kappa shape index (κ2) is 11.4. The molecule has 0 radical (unpaired) electrons. The van der Waals surface area contributed by atoms with Gasteiger partial charge in [0.2, 0.25) is 5.82 Å².